The van der Waals surface area contributed by atoms with Gasteiger partial charge < -0.3 is 0 Å². The summed E-state index contributed by atoms with van der Waals surface area (Å²) in [7, 11) is 0. The zero-order valence-electron chi connectivity index (χ0n) is 12.0. The van der Waals surface area contributed by atoms with E-state index in [-0.39, 0.29) is 0 Å². The van der Waals surface area contributed by atoms with Crippen LogP contribution in [0.5, 0.6) is 0 Å². The molecule has 104 valence electrons. The van der Waals surface area contributed by atoms with Gasteiger partial charge in [0.1, 0.15) is 0 Å². The first-order chi connectivity index (χ1) is 9.73. The molecular formula is C19H22O. The van der Waals surface area contributed by atoms with Crippen molar-refractivity contribution in [1.29, 1.82) is 0 Å². The Bertz CT molecular complexity index is 550. The first-order valence-electron chi connectivity index (χ1n) is 8.36. The molecule has 0 aliphatic heterocycles. The van der Waals surface area contributed by atoms with Crippen LogP contribution >= 0.6 is 0 Å². The number of ketones is 1. The van der Waals surface area contributed by atoms with Gasteiger partial charge in [-0.1, -0.05) is 24.3 Å². The minimum absolute atomic E-state index is 0.404. The van der Waals surface area contributed by atoms with Crippen LogP contribution in [0, 0.1) is 23.2 Å². The molecule has 1 aromatic rings. The number of rotatable bonds is 1. The maximum atomic E-state index is 12.4. The van der Waals surface area contributed by atoms with Gasteiger partial charge in [0.2, 0.25) is 0 Å². The quantitative estimate of drug-likeness (QED) is 0.727. The summed E-state index contributed by atoms with van der Waals surface area (Å²) in [5.74, 6) is 3.87. The van der Waals surface area contributed by atoms with Crippen molar-refractivity contribution < 1.29 is 4.79 Å². The molecule has 5 aliphatic rings. The highest BCUT2D eigenvalue weighted by atomic mass is 16.1. The Balaban J connectivity index is 1.59. The summed E-state index contributed by atoms with van der Waals surface area (Å²) >= 11 is 0. The molecule has 0 aromatic heterocycles. The largest absolute Gasteiger partial charge is 0.294 e. The van der Waals surface area contributed by atoms with E-state index in [1.54, 1.807) is 0 Å². The number of hydrogen-bond acceptors (Lipinski definition) is 1. The molecule has 1 aromatic carbocycles. The van der Waals surface area contributed by atoms with Crippen LogP contribution in [0.2, 0.25) is 0 Å². The van der Waals surface area contributed by atoms with Crippen molar-refractivity contribution in [1.82, 2.24) is 0 Å². The highest BCUT2D eigenvalue weighted by Crippen LogP contribution is 2.66. The van der Waals surface area contributed by atoms with Crippen LogP contribution in [0.1, 0.15) is 66.8 Å². The lowest BCUT2D eigenvalue weighted by Gasteiger charge is -2.59. The molecule has 0 spiro atoms. The van der Waals surface area contributed by atoms with Gasteiger partial charge in [0.25, 0.3) is 0 Å². The molecule has 1 atom stereocenters. The second-order valence-electron chi connectivity index (χ2n) is 8.05. The fourth-order valence-electron chi connectivity index (χ4n) is 6.61. The third-order valence-corrected chi connectivity index (χ3v) is 6.85. The molecule has 0 amide bonds. The predicted molar refractivity (Wildman–Crippen MR) is 78.7 cm³/mol. The Kier molecular flexibility index (Phi) is 2.16. The van der Waals surface area contributed by atoms with Gasteiger partial charge in [-0.25, -0.2) is 0 Å². The van der Waals surface area contributed by atoms with Crippen LogP contribution in [-0.2, 0) is 0 Å². The van der Waals surface area contributed by atoms with Crippen molar-refractivity contribution in [2.45, 2.75) is 50.9 Å². The first-order valence-corrected chi connectivity index (χ1v) is 8.36. The van der Waals surface area contributed by atoms with Crippen molar-refractivity contribution in [3.63, 3.8) is 0 Å². The molecule has 0 saturated heterocycles. The molecule has 1 heteroatoms. The van der Waals surface area contributed by atoms with Crippen LogP contribution in [-0.4, -0.2) is 5.78 Å². The van der Waals surface area contributed by atoms with E-state index in [1.807, 2.05) is 6.07 Å². The average molecular weight is 266 g/mol. The maximum Gasteiger partial charge on any atom is 0.163 e. The van der Waals surface area contributed by atoms with Crippen LogP contribution in [0.4, 0.5) is 0 Å². The lowest BCUT2D eigenvalue weighted by atomic mass is 9.46. The number of carbonyl (C=O) groups is 1. The third-order valence-electron chi connectivity index (χ3n) is 6.85. The van der Waals surface area contributed by atoms with Crippen LogP contribution in [0.3, 0.4) is 0 Å². The first kappa shape index (κ1) is 11.5. The summed E-state index contributed by atoms with van der Waals surface area (Å²) in [6.07, 6.45) is 9.48. The van der Waals surface area contributed by atoms with E-state index in [2.05, 4.69) is 18.2 Å². The molecule has 20 heavy (non-hydrogen) atoms. The molecule has 4 bridgehead atoms. The van der Waals surface area contributed by atoms with Gasteiger partial charge in [-0.2, -0.15) is 0 Å². The number of Topliss-reactive ketones (excluding diaryl/α,β-unsaturated/α-hetero) is 1. The van der Waals surface area contributed by atoms with Gasteiger partial charge in [-0.05, 0) is 73.2 Å². The lowest BCUT2D eigenvalue weighted by Crippen LogP contribution is -2.48. The summed E-state index contributed by atoms with van der Waals surface area (Å²) in [4.78, 5) is 12.4. The van der Waals surface area contributed by atoms with Gasteiger partial charge in [-0.3, -0.25) is 4.79 Å². The fourth-order valence-corrected chi connectivity index (χ4v) is 6.61. The van der Waals surface area contributed by atoms with Crippen molar-refractivity contribution in [2.24, 2.45) is 23.2 Å². The fraction of sp³-hybridized carbons (Fsp3) is 0.632. The maximum absolute atomic E-state index is 12.4. The molecule has 0 N–H and O–H groups in total. The summed E-state index contributed by atoms with van der Waals surface area (Å²) < 4.78 is 0. The molecular weight excluding hydrogens is 244 g/mol. The molecule has 0 radical (unpaired) electrons. The molecule has 5 aliphatic carbocycles. The van der Waals surface area contributed by atoms with Crippen molar-refractivity contribution >= 4 is 5.78 Å². The zero-order valence-corrected chi connectivity index (χ0v) is 12.0. The Morgan fingerprint density at radius 2 is 1.50 bits per heavy atom. The van der Waals surface area contributed by atoms with Gasteiger partial charge in [0, 0.05) is 12.0 Å². The minimum atomic E-state index is 0.404. The van der Waals surface area contributed by atoms with E-state index in [9.17, 15) is 4.79 Å². The Morgan fingerprint density at radius 1 is 0.900 bits per heavy atom. The zero-order chi connectivity index (χ0) is 13.3. The highest BCUT2D eigenvalue weighted by molar-refractivity contribution is 6.01. The summed E-state index contributed by atoms with van der Waals surface area (Å²) in [6.45, 7) is 0. The van der Waals surface area contributed by atoms with Gasteiger partial charge in [-0.15, -0.1) is 0 Å². The van der Waals surface area contributed by atoms with Gasteiger partial charge >= 0.3 is 0 Å². The monoisotopic (exact) mass is 266 g/mol. The summed E-state index contributed by atoms with van der Waals surface area (Å²) in [5.41, 5.74) is 2.91. The standard InChI is InChI=1S/C19H22O/c20-18-8-17(15-3-1-2-4-16(15)18)19-9-12-5-13(10-19)7-14(6-12)11-19/h1-4,12-14,17H,5-11H2. The van der Waals surface area contributed by atoms with Crippen molar-refractivity contribution in [2.75, 3.05) is 0 Å². The number of hydrogen-bond donors (Lipinski definition) is 0. The predicted octanol–water partition coefficient (Wildman–Crippen LogP) is 4.57. The third kappa shape index (κ3) is 1.42. The van der Waals surface area contributed by atoms with Gasteiger partial charge in [0.15, 0.2) is 5.78 Å². The van der Waals surface area contributed by atoms with Crippen LogP contribution in [0.15, 0.2) is 24.3 Å². The molecule has 4 saturated carbocycles. The van der Waals surface area contributed by atoms with Crippen molar-refractivity contribution in [3.05, 3.63) is 35.4 Å². The van der Waals surface area contributed by atoms with Crippen LogP contribution < -0.4 is 0 Å². The summed E-state index contributed by atoms with van der Waals surface area (Å²) in [6, 6.07) is 8.45. The molecule has 4 fully saturated rings. The second kappa shape index (κ2) is 3.75. The smallest absolute Gasteiger partial charge is 0.163 e. The summed E-state index contributed by atoms with van der Waals surface area (Å²) in [5, 5.41) is 0. The minimum Gasteiger partial charge on any atom is -0.294 e. The topological polar surface area (TPSA) is 17.1 Å². The molecule has 1 unspecified atom stereocenters. The lowest BCUT2D eigenvalue weighted by molar-refractivity contribution is -0.0675. The average Bonchev–Trinajstić information content (AvgIpc) is 2.76. The molecule has 6 rings (SSSR count). The van der Waals surface area contributed by atoms with Gasteiger partial charge in [0.05, 0.1) is 0 Å². The number of benzene rings is 1. The number of carbonyl (C=O) groups excluding carboxylic acids is 1. The van der Waals surface area contributed by atoms with E-state index >= 15 is 0 Å². The number of fused-ring (bicyclic) bond motifs is 1. The van der Waals surface area contributed by atoms with E-state index in [0.717, 1.165) is 29.7 Å². The SMILES string of the molecule is O=C1CC(C23CC4CC(CC(C4)C2)C3)c2ccccc21. The molecule has 1 nitrogen and oxygen atoms in total. The van der Waals surface area contributed by atoms with E-state index in [0.29, 0.717) is 17.1 Å². The Labute approximate surface area is 120 Å². The van der Waals surface area contributed by atoms with E-state index < -0.39 is 0 Å². The van der Waals surface area contributed by atoms with Crippen molar-refractivity contribution in [3.8, 4) is 0 Å². The molecule has 0 heterocycles. The van der Waals surface area contributed by atoms with Crippen LogP contribution in [0.25, 0.3) is 0 Å². The second-order valence-corrected chi connectivity index (χ2v) is 8.05. The normalized spacial score (nSPS) is 44.9. The Morgan fingerprint density at radius 3 is 2.15 bits per heavy atom. The van der Waals surface area contributed by atoms with E-state index in [4.69, 9.17) is 0 Å². The Hall–Kier alpha value is -1.11. The highest BCUT2D eigenvalue weighted by Gasteiger charge is 2.56. The van der Waals surface area contributed by atoms with E-state index in [1.165, 1.54) is 44.1 Å².